The molecule has 2 aromatic carbocycles. The highest BCUT2D eigenvalue weighted by molar-refractivity contribution is 5.94. The van der Waals surface area contributed by atoms with E-state index in [-0.39, 0.29) is 22.5 Å². The van der Waals surface area contributed by atoms with Gasteiger partial charge in [-0.25, -0.2) is 8.78 Å². The van der Waals surface area contributed by atoms with Gasteiger partial charge in [0.1, 0.15) is 11.6 Å². The molecule has 0 aromatic heterocycles. The maximum atomic E-state index is 13.8. The SMILES string of the molecule is CC(=O)c1ccc(-c2ccccc2F)c(F)c1. The first-order chi connectivity index (χ1) is 8.09. The number of ketones is 1. The second kappa shape index (κ2) is 4.45. The standard InChI is InChI=1S/C14H10F2O/c1-9(17)10-6-7-12(14(16)8-10)11-4-2-3-5-13(11)15/h2-8H,1H3. The highest BCUT2D eigenvalue weighted by Crippen LogP contribution is 2.26. The number of halogens is 2. The summed E-state index contributed by atoms with van der Waals surface area (Å²) in [6, 6.07) is 9.99. The van der Waals surface area contributed by atoms with Gasteiger partial charge in [0.15, 0.2) is 5.78 Å². The maximum absolute atomic E-state index is 13.8. The van der Waals surface area contributed by atoms with Crippen molar-refractivity contribution in [3.05, 3.63) is 59.7 Å². The van der Waals surface area contributed by atoms with Crippen molar-refractivity contribution in [2.24, 2.45) is 0 Å². The van der Waals surface area contributed by atoms with Crippen LogP contribution in [0.15, 0.2) is 42.5 Å². The molecule has 3 heteroatoms. The van der Waals surface area contributed by atoms with Gasteiger partial charge in [-0.15, -0.1) is 0 Å². The molecule has 0 amide bonds. The lowest BCUT2D eigenvalue weighted by atomic mass is 10.0. The molecule has 0 N–H and O–H groups in total. The molecular formula is C14H10F2O. The van der Waals surface area contributed by atoms with Crippen molar-refractivity contribution in [2.45, 2.75) is 6.92 Å². The summed E-state index contributed by atoms with van der Waals surface area (Å²) in [5.74, 6) is -1.30. The first kappa shape index (κ1) is 11.5. The minimum Gasteiger partial charge on any atom is -0.295 e. The molecule has 0 bridgehead atoms. The number of benzene rings is 2. The van der Waals surface area contributed by atoms with Gasteiger partial charge in [0.05, 0.1) is 0 Å². The van der Waals surface area contributed by atoms with E-state index in [1.807, 2.05) is 0 Å². The predicted molar refractivity (Wildman–Crippen MR) is 61.8 cm³/mol. The highest BCUT2D eigenvalue weighted by Gasteiger charge is 2.11. The molecule has 86 valence electrons. The molecule has 17 heavy (non-hydrogen) atoms. The fraction of sp³-hybridized carbons (Fsp3) is 0.0714. The van der Waals surface area contributed by atoms with Gasteiger partial charge in [-0.3, -0.25) is 4.79 Å². The van der Waals surface area contributed by atoms with Crippen molar-refractivity contribution < 1.29 is 13.6 Å². The molecule has 0 fully saturated rings. The smallest absolute Gasteiger partial charge is 0.159 e. The second-order valence-corrected chi connectivity index (χ2v) is 3.73. The van der Waals surface area contributed by atoms with Crippen LogP contribution in [0, 0.1) is 11.6 Å². The summed E-state index contributed by atoms with van der Waals surface area (Å²) in [5.41, 5.74) is 0.635. The lowest BCUT2D eigenvalue weighted by molar-refractivity contribution is 0.101. The molecule has 0 heterocycles. The first-order valence-corrected chi connectivity index (χ1v) is 5.15. The van der Waals surface area contributed by atoms with E-state index < -0.39 is 11.6 Å². The van der Waals surface area contributed by atoms with Crippen molar-refractivity contribution in [2.75, 3.05) is 0 Å². The molecule has 0 unspecified atom stereocenters. The number of rotatable bonds is 2. The van der Waals surface area contributed by atoms with E-state index in [2.05, 4.69) is 0 Å². The topological polar surface area (TPSA) is 17.1 Å². The van der Waals surface area contributed by atoms with Crippen LogP contribution in [-0.4, -0.2) is 5.78 Å². The molecule has 2 rings (SSSR count). The van der Waals surface area contributed by atoms with Gasteiger partial charge in [-0.05, 0) is 19.1 Å². The van der Waals surface area contributed by atoms with E-state index in [0.29, 0.717) is 0 Å². The first-order valence-electron chi connectivity index (χ1n) is 5.15. The van der Waals surface area contributed by atoms with Crippen LogP contribution >= 0.6 is 0 Å². The van der Waals surface area contributed by atoms with Gasteiger partial charge >= 0.3 is 0 Å². The summed E-state index contributed by atoms with van der Waals surface area (Å²) in [7, 11) is 0. The van der Waals surface area contributed by atoms with E-state index >= 15 is 0 Å². The van der Waals surface area contributed by atoms with Crippen molar-refractivity contribution in [1.29, 1.82) is 0 Å². The van der Waals surface area contributed by atoms with Gasteiger partial charge in [0, 0.05) is 16.7 Å². The Morgan fingerprint density at radius 3 is 2.18 bits per heavy atom. The van der Waals surface area contributed by atoms with Crippen LogP contribution in [0.2, 0.25) is 0 Å². The lowest BCUT2D eigenvalue weighted by Gasteiger charge is -2.05. The fourth-order valence-corrected chi connectivity index (χ4v) is 1.63. The molecular weight excluding hydrogens is 222 g/mol. The Labute approximate surface area is 97.7 Å². The Balaban J connectivity index is 2.55. The molecule has 2 aromatic rings. The van der Waals surface area contributed by atoms with E-state index in [1.165, 1.54) is 31.2 Å². The summed E-state index contributed by atoms with van der Waals surface area (Å²) in [6.07, 6.45) is 0. The van der Waals surface area contributed by atoms with Gasteiger partial charge in [0.2, 0.25) is 0 Å². The summed E-state index contributed by atoms with van der Waals surface area (Å²) in [5, 5.41) is 0. The molecule has 0 aliphatic rings. The molecule has 0 aliphatic heterocycles. The Hall–Kier alpha value is -2.03. The van der Waals surface area contributed by atoms with Crippen LogP contribution in [0.4, 0.5) is 8.78 Å². The molecule has 0 aliphatic carbocycles. The summed E-state index contributed by atoms with van der Waals surface area (Å²) < 4.78 is 27.2. The summed E-state index contributed by atoms with van der Waals surface area (Å²) in [4.78, 5) is 11.1. The molecule has 0 atom stereocenters. The van der Waals surface area contributed by atoms with Crippen molar-refractivity contribution in [3.8, 4) is 11.1 Å². The number of Topliss-reactive ketones (excluding diaryl/α,β-unsaturated/α-hetero) is 1. The van der Waals surface area contributed by atoms with E-state index in [0.717, 1.165) is 6.07 Å². The normalized spacial score (nSPS) is 10.3. The number of carbonyl (C=O) groups is 1. The van der Waals surface area contributed by atoms with E-state index in [4.69, 9.17) is 0 Å². The Morgan fingerprint density at radius 2 is 1.59 bits per heavy atom. The van der Waals surface area contributed by atoms with Crippen LogP contribution in [0.1, 0.15) is 17.3 Å². The van der Waals surface area contributed by atoms with Crippen LogP contribution in [0.3, 0.4) is 0 Å². The molecule has 0 radical (unpaired) electrons. The van der Waals surface area contributed by atoms with Crippen LogP contribution in [0.5, 0.6) is 0 Å². The monoisotopic (exact) mass is 232 g/mol. The summed E-state index contributed by atoms with van der Waals surface area (Å²) in [6.45, 7) is 1.36. The second-order valence-electron chi connectivity index (χ2n) is 3.73. The maximum Gasteiger partial charge on any atom is 0.159 e. The van der Waals surface area contributed by atoms with Crippen molar-refractivity contribution in [1.82, 2.24) is 0 Å². The Bertz CT molecular complexity index is 576. The minimum absolute atomic E-state index is 0.160. The van der Waals surface area contributed by atoms with E-state index in [9.17, 15) is 13.6 Å². The summed E-state index contributed by atoms with van der Waals surface area (Å²) >= 11 is 0. The predicted octanol–water partition coefficient (Wildman–Crippen LogP) is 3.83. The lowest BCUT2D eigenvalue weighted by Crippen LogP contribution is -1.95. The zero-order chi connectivity index (χ0) is 12.4. The van der Waals surface area contributed by atoms with Crippen LogP contribution in [-0.2, 0) is 0 Å². The van der Waals surface area contributed by atoms with Gasteiger partial charge in [0.25, 0.3) is 0 Å². The third kappa shape index (κ3) is 2.23. The molecule has 0 saturated carbocycles. The zero-order valence-corrected chi connectivity index (χ0v) is 9.21. The van der Waals surface area contributed by atoms with E-state index in [1.54, 1.807) is 12.1 Å². The number of hydrogen-bond donors (Lipinski definition) is 0. The minimum atomic E-state index is -0.595. The average Bonchev–Trinajstić information content (AvgIpc) is 2.30. The van der Waals surface area contributed by atoms with Gasteiger partial charge in [-0.1, -0.05) is 30.3 Å². The fourth-order valence-electron chi connectivity index (χ4n) is 1.63. The van der Waals surface area contributed by atoms with Crippen LogP contribution in [0.25, 0.3) is 11.1 Å². The highest BCUT2D eigenvalue weighted by atomic mass is 19.1. The third-order valence-corrected chi connectivity index (χ3v) is 2.54. The largest absolute Gasteiger partial charge is 0.295 e. The van der Waals surface area contributed by atoms with Crippen molar-refractivity contribution in [3.63, 3.8) is 0 Å². The number of carbonyl (C=O) groups excluding carboxylic acids is 1. The third-order valence-electron chi connectivity index (χ3n) is 2.54. The molecule has 1 nitrogen and oxygen atoms in total. The molecule has 0 spiro atoms. The van der Waals surface area contributed by atoms with Crippen molar-refractivity contribution >= 4 is 5.78 Å². The zero-order valence-electron chi connectivity index (χ0n) is 9.21. The Morgan fingerprint density at radius 1 is 0.941 bits per heavy atom. The average molecular weight is 232 g/mol. The Kier molecular flexibility index (Phi) is 3.00. The van der Waals surface area contributed by atoms with Gasteiger partial charge in [-0.2, -0.15) is 0 Å². The number of hydrogen-bond acceptors (Lipinski definition) is 1. The van der Waals surface area contributed by atoms with Crippen LogP contribution < -0.4 is 0 Å². The van der Waals surface area contributed by atoms with Gasteiger partial charge < -0.3 is 0 Å². The molecule has 0 saturated heterocycles. The quantitative estimate of drug-likeness (QED) is 0.719.